The number of aromatic nitrogens is 2. The van der Waals surface area contributed by atoms with E-state index in [1.807, 2.05) is 29.1 Å². The van der Waals surface area contributed by atoms with Gasteiger partial charge in [0.15, 0.2) is 0 Å². The Balaban J connectivity index is 1.89. The molecular weight excluding hydrogens is 242 g/mol. The maximum atomic E-state index is 4.64. The number of thiazole rings is 1. The van der Waals surface area contributed by atoms with Crippen LogP contribution in [-0.2, 0) is 6.54 Å². The summed E-state index contributed by atoms with van der Waals surface area (Å²) in [5.74, 6) is 0.932. The van der Waals surface area contributed by atoms with Crippen molar-refractivity contribution in [2.45, 2.75) is 13.5 Å². The molecule has 3 rings (SSSR count). The number of nitrogens with zero attached hydrogens (tertiary/aromatic N) is 2. The Bertz CT molecular complexity index is 662. The average Bonchev–Trinajstić information content (AvgIpc) is 2.89. The molecule has 0 spiro atoms. The zero-order valence-electron chi connectivity index (χ0n) is 10.1. The minimum Gasteiger partial charge on any atom is -0.364 e. The predicted molar refractivity (Wildman–Crippen MR) is 75.9 cm³/mol. The number of hydrogen-bond acceptors (Lipinski definition) is 4. The summed E-state index contributed by atoms with van der Waals surface area (Å²) in [4.78, 5) is 8.89. The molecule has 1 N–H and O–H groups in total. The van der Waals surface area contributed by atoms with Gasteiger partial charge in [-0.2, -0.15) is 0 Å². The van der Waals surface area contributed by atoms with E-state index >= 15 is 0 Å². The lowest BCUT2D eigenvalue weighted by molar-refractivity contribution is 1.05. The van der Waals surface area contributed by atoms with Crippen LogP contribution in [0, 0.1) is 6.92 Å². The molecular formula is C14H13N3S. The molecule has 3 nitrogen and oxygen atoms in total. The van der Waals surface area contributed by atoms with Crippen molar-refractivity contribution in [1.82, 2.24) is 9.97 Å². The molecule has 0 bridgehead atoms. The van der Waals surface area contributed by atoms with Crippen LogP contribution >= 0.6 is 11.3 Å². The number of rotatable bonds is 3. The highest BCUT2D eigenvalue weighted by atomic mass is 32.1. The average molecular weight is 255 g/mol. The van der Waals surface area contributed by atoms with E-state index in [9.17, 15) is 0 Å². The van der Waals surface area contributed by atoms with Crippen molar-refractivity contribution in [2.75, 3.05) is 5.32 Å². The monoisotopic (exact) mass is 255 g/mol. The molecule has 0 aliphatic carbocycles. The molecule has 0 amide bonds. The van der Waals surface area contributed by atoms with Gasteiger partial charge in [0.05, 0.1) is 23.3 Å². The van der Waals surface area contributed by atoms with Gasteiger partial charge >= 0.3 is 0 Å². The number of para-hydroxylation sites is 1. The first-order valence-electron chi connectivity index (χ1n) is 5.80. The fourth-order valence-electron chi connectivity index (χ4n) is 1.90. The van der Waals surface area contributed by atoms with Gasteiger partial charge in [-0.25, -0.2) is 9.97 Å². The molecule has 0 aliphatic heterocycles. The van der Waals surface area contributed by atoms with E-state index in [2.05, 4.69) is 34.3 Å². The number of fused-ring (bicyclic) bond motifs is 1. The normalized spacial score (nSPS) is 10.7. The minimum atomic E-state index is 0.718. The highest BCUT2D eigenvalue weighted by molar-refractivity contribution is 7.07. The fourth-order valence-corrected chi connectivity index (χ4v) is 2.46. The number of hydrogen-bond donors (Lipinski definition) is 1. The third kappa shape index (κ3) is 2.19. The molecule has 0 atom stereocenters. The Morgan fingerprint density at radius 2 is 2.17 bits per heavy atom. The van der Waals surface area contributed by atoms with E-state index in [1.54, 1.807) is 11.3 Å². The van der Waals surface area contributed by atoms with Gasteiger partial charge in [-0.15, -0.1) is 11.3 Å². The lowest BCUT2D eigenvalue weighted by Gasteiger charge is -2.08. The summed E-state index contributed by atoms with van der Waals surface area (Å²) in [5.41, 5.74) is 5.07. The van der Waals surface area contributed by atoms with E-state index in [4.69, 9.17) is 0 Å². The standard InChI is InChI=1S/C14H13N3S/c1-10-6-11-4-2-3-5-13(11)17-14(10)15-7-12-8-18-9-16-12/h2-6,8-9H,7H2,1H3,(H,15,17). The summed E-state index contributed by atoms with van der Waals surface area (Å²) in [6, 6.07) is 10.3. The Morgan fingerprint density at radius 1 is 1.28 bits per heavy atom. The summed E-state index contributed by atoms with van der Waals surface area (Å²) in [6.45, 7) is 2.79. The van der Waals surface area contributed by atoms with Crippen LogP contribution in [0.5, 0.6) is 0 Å². The summed E-state index contributed by atoms with van der Waals surface area (Å²) in [6.07, 6.45) is 0. The maximum Gasteiger partial charge on any atom is 0.129 e. The van der Waals surface area contributed by atoms with Crippen molar-refractivity contribution in [1.29, 1.82) is 0 Å². The Kier molecular flexibility index (Phi) is 2.94. The number of pyridine rings is 1. The summed E-state index contributed by atoms with van der Waals surface area (Å²) >= 11 is 1.61. The molecule has 0 unspecified atom stereocenters. The molecule has 0 saturated heterocycles. The number of anilines is 1. The van der Waals surface area contributed by atoms with Crippen LogP contribution in [0.2, 0.25) is 0 Å². The summed E-state index contributed by atoms with van der Waals surface area (Å²) in [5, 5.41) is 6.56. The van der Waals surface area contributed by atoms with Crippen molar-refractivity contribution < 1.29 is 0 Å². The van der Waals surface area contributed by atoms with Crippen molar-refractivity contribution >= 4 is 28.1 Å². The zero-order chi connectivity index (χ0) is 12.4. The molecule has 4 heteroatoms. The van der Waals surface area contributed by atoms with E-state index in [1.165, 1.54) is 5.39 Å². The second-order valence-electron chi connectivity index (χ2n) is 4.18. The van der Waals surface area contributed by atoms with Gasteiger partial charge in [-0.05, 0) is 24.6 Å². The van der Waals surface area contributed by atoms with Gasteiger partial charge in [-0.3, -0.25) is 0 Å². The lowest BCUT2D eigenvalue weighted by Crippen LogP contribution is -2.03. The van der Waals surface area contributed by atoms with E-state index in [0.717, 1.165) is 29.1 Å². The van der Waals surface area contributed by atoms with Crippen molar-refractivity contribution in [3.05, 3.63) is 52.5 Å². The smallest absolute Gasteiger partial charge is 0.129 e. The van der Waals surface area contributed by atoms with Gasteiger partial charge in [0.1, 0.15) is 5.82 Å². The Hall–Kier alpha value is -1.94. The molecule has 0 aliphatic rings. The van der Waals surface area contributed by atoms with Gasteiger partial charge in [-0.1, -0.05) is 18.2 Å². The van der Waals surface area contributed by atoms with Crippen LogP contribution in [0.15, 0.2) is 41.2 Å². The van der Waals surface area contributed by atoms with Crippen LogP contribution in [0.3, 0.4) is 0 Å². The first-order chi connectivity index (χ1) is 8.83. The Labute approximate surface area is 110 Å². The lowest BCUT2D eigenvalue weighted by atomic mass is 10.1. The predicted octanol–water partition coefficient (Wildman–Crippen LogP) is 3.61. The Morgan fingerprint density at radius 3 is 3.00 bits per heavy atom. The third-order valence-corrected chi connectivity index (χ3v) is 3.47. The molecule has 0 fully saturated rings. The van der Waals surface area contributed by atoms with Crippen molar-refractivity contribution in [3.63, 3.8) is 0 Å². The second kappa shape index (κ2) is 4.74. The summed E-state index contributed by atoms with van der Waals surface area (Å²) in [7, 11) is 0. The van der Waals surface area contributed by atoms with E-state index < -0.39 is 0 Å². The van der Waals surface area contributed by atoms with Gasteiger partial charge in [0.25, 0.3) is 0 Å². The quantitative estimate of drug-likeness (QED) is 0.777. The number of nitrogens with one attached hydrogen (secondary N) is 1. The highest BCUT2D eigenvalue weighted by Crippen LogP contribution is 2.20. The van der Waals surface area contributed by atoms with Gasteiger partial charge in [0, 0.05) is 10.8 Å². The topological polar surface area (TPSA) is 37.8 Å². The van der Waals surface area contributed by atoms with Crippen LogP contribution in [0.25, 0.3) is 10.9 Å². The van der Waals surface area contributed by atoms with E-state index in [-0.39, 0.29) is 0 Å². The van der Waals surface area contributed by atoms with Crippen molar-refractivity contribution in [2.24, 2.45) is 0 Å². The van der Waals surface area contributed by atoms with Crippen LogP contribution in [0.1, 0.15) is 11.3 Å². The largest absolute Gasteiger partial charge is 0.364 e. The SMILES string of the molecule is Cc1cc2ccccc2nc1NCc1cscn1. The molecule has 3 aromatic rings. The molecule has 2 heterocycles. The first-order valence-corrected chi connectivity index (χ1v) is 6.74. The third-order valence-electron chi connectivity index (χ3n) is 2.83. The molecule has 0 radical (unpaired) electrons. The summed E-state index contributed by atoms with van der Waals surface area (Å²) < 4.78 is 0. The molecule has 1 aromatic carbocycles. The van der Waals surface area contributed by atoms with Crippen LogP contribution < -0.4 is 5.32 Å². The zero-order valence-corrected chi connectivity index (χ0v) is 10.9. The molecule has 2 aromatic heterocycles. The number of aryl methyl sites for hydroxylation is 1. The second-order valence-corrected chi connectivity index (χ2v) is 4.90. The van der Waals surface area contributed by atoms with Crippen LogP contribution in [-0.4, -0.2) is 9.97 Å². The van der Waals surface area contributed by atoms with Gasteiger partial charge in [0.2, 0.25) is 0 Å². The maximum absolute atomic E-state index is 4.64. The fraction of sp³-hybridized carbons (Fsp3) is 0.143. The highest BCUT2D eigenvalue weighted by Gasteiger charge is 2.03. The molecule has 18 heavy (non-hydrogen) atoms. The first kappa shape index (κ1) is 11.2. The number of benzene rings is 1. The van der Waals surface area contributed by atoms with E-state index in [0.29, 0.717) is 0 Å². The van der Waals surface area contributed by atoms with Crippen LogP contribution in [0.4, 0.5) is 5.82 Å². The van der Waals surface area contributed by atoms with Crippen molar-refractivity contribution in [3.8, 4) is 0 Å². The molecule has 0 saturated carbocycles. The van der Waals surface area contributed by atoms with Gasteiger partial charge < -0.3 is 5.32 Å². The minimum absolute atomic E-state index is 0.718. The molecule has 90 valence electrons.